The summed E-state index contributed by atoms with van der Waals surface area (Å²) < 4.78 is 1.87. The molecule has 1 heterocycles. The van der Waals surface area contributed by atoms with Crippen molar-refractivity contribution in [3.8, 4) is 0 Å². The van der Waals surface area contributed by atoms with Crippen LogP contribution in [0.5, 0.6) is 0 Å². The van der Waals surface area contributed by atoms with Crippen LogP contribution in [0.1, 0.15) is 25.6 Å². The van der Waals surface area contributed by atoms with E-state index in [2.05, 4.69) is 19.2 Å². The predicted molar refractivity (Wildman–Crippen MR) is 55.7 cm³/mol. The van der Waals surface area contributed by atoms with E-state index in [-0.39, 0.29) is 18.5 Å². The maximum absolute atomic E-state index is 10.8. The van der Waals surface area contributed by atoms with E-state index >= 15 is 0 Å². The maximum Gasteiger partial charge on any atom is 0.237 e. The van der Waals surface area contributed by atoms with Crippen LogP contribution in [-0.2, 0) is 11.3 Å². The molecule has 14 heavy (non-hydrogen) atoms. The van der Waals surface area contributed by atoms with E-state index < -0.39 is 0 Å². The molecule has 0 saturated heterocycles. The number of rotatable bonds is 5. The molecule has 1 unspecified atom stereocenters. The maximum atomic E-state index is 10.8. The third kappa shape index (κ3) is 2.60. The average molecular weight is 195 g/mol. The summed E-state index contributed by atoms with van der Waals surface area (Å²) in [5, 5.41) is 3.29. The van der Waals surface area contributed by atoms with Gasteiger partial charge in [-0.05, 0) is 25.6 Å². The Morgan fingerprint density at radius 2 is 2.43 bits per heavy atom. The quantitative estimate of drug-likeness (QED) is 0.724. The molecule has 0 fully saturated rings. The lowest BCUT2D eigenvalue weighted by atomic mass is 10.2. The molecule has 78 valence electrons. The minimum absolute atomic E-state index is 0.245. The van der Waals surface area contributed by atoms with Crippen LogP contribution in [0.15, 0.2) is 18.3 Å². The lowest BCUT2D eigenvalue weighted by molar-refractivity contribution is -0.118. The van der Waals surface area contributed by atoms with Crippen LogP contribution >= 0.6 is 0 Å². The van der Waals surface area contributed by atoms with E-state index in [0.717, 1.165) is 12.2 Å². The third-order valence-electron chi connectivity index (χ3n) is 2.14. The Morgan fingerprint density at radius 3 is 3.00 bits per heavy atom. The number of carbonyl (C=O) groups excluding carboxylic acids is 1. The van der Waals surface area contributed by atoms with Gasteiger partial charge < -0.3 is 15.6 Å². The highest BCUT2D eigenvalue weighted by Crippen LogP contribution is 2.12. The first-order valence-corrected chi connectivity index (χ1v) is 4.82. The van der Waals surface area contributed by atoms with Gasteiger partial charge in [0.05, 0.1) is 0 Å². The summed E-state index contributed by atoms with van der Waals surface area (Å²) in [6.45, 7) is 5.27. The Labute approximate surface area is 84.1 Å². The van der Waals surface area contributed by atoms with Gasteiger partial charge in [0.15, 0.2) is 0 Å². The van der Waals surface area contributed by atoms with Crippen LogP contribution in [0.2, 0.25) is 0 Å². The van der Waals surface area contributed by atoms with Crippen LogP contribution in [0, 0.1) is 0 Å². The normalized spacial score (nSPS) is 12.7. The van der Waals surface area contributed by atoms with Gasteiger partial charge >= 0.3 is 0 Å². The Bertz CT molecular complexity index is 306. The topological polar surface area (TPSA) is 60.1 Å². The van der Waals surface area contributed by atoms with Crippen LogP contribution < -0.4 is 11.1 Å². The zero-order valence-electron chi connectivity index (χ0n) is 8.66. The molecule has 3 N–H and O–H groups in total. The van der Waals surface area contributed by atoms with Gasteiger partial charge in [0.1, 0.15) is 6.54 Å². The number of primary amides is 1. The second-order valence-corrected chi connectivity index (χ2v) is 3.31. The summed E-state index contributed by atoms with van der Waals surface area (Å²) in [6, 6.07) is 4.16. The largest absolute Gasteiger partial charge is 0.368 e. The fraction of sp³-hybridized carbons (Fsp3) is 0.500. The number of hydrogen-bond donors (Lipinski definition) is 2. The minimum atomic E-state index is -0.314. The van der Waals surface area contributed by atoms with Gasteiger partial charge in [-0.25, -0.2) is 0 Å². The van der Waals surface area contributed by atoms with Gasteiger partial charge in [-0.15, -0.1) is 0 Å². The molecule has 0 spiro atoms. The average Bonchev–Trinajstić information content (AvgIpc) is 2.51. The number of amides is 1. The highest BCUT2D eigenvalue weighted by atomic mass is 16.1. The van der Waals surface area contributed by atoms with Gasteiger partial charge in [0.2, 0.25) is 5.91 Å². The molecule has 1 aromatic rings. The van der Waals surface area contributed by atoms with Gasteiger partial charge in [-0.2, -0.15) is 0 Å². The van der Waals surface area contributed by atoms with E-state index in [1.54, 1.807) is 0 Å². The molecule has 4 heteroatoms. The molecule has 1 amide bonds. The van der Waals surface area contributed by atoms with Crippen molar-refractivity contribution in [3.05, 3.63) is 24.0 Å². The number of aromatic nitrogens is 1. The fourth-order valence-corrected chi connectivity index (χ4v) is 1.54. The second-order valence-electron chi connectivity index (χ2n) is 3.31. The Balaban J connectivity index is 2.75. The summed E-state index contributed by atoms with van der Waals surface area (Å²) >= 11 is 0. The standard InChI is InChI=1S/C10H17N3O/c1-3-12-8(2)9-5-4-6-13(9)7-10(11)14/h4-6,8,12H,3,7H2,1-2H3,(H2,11,14). The molecule has 1 aromatic heterocycles. The van der Waals surface area contributed by atoms with Crippen LogP contribution in [0.25, 0.3) is 0 Å². The summed E-state index contributed by atoms with van der Waals surface area (Å²) in [5.41, 5.74) is 6.24. The van der Waals surface area contributed by atoms with E-state index in [9.17, 15) is 4.79 Å². The number of nitrogens with zero attached hydrogens (tertiary/aromatic N) is 1. The number of nitrogens with two attached hydrogens (primary N) is 1. The third-order valence-corrected chi connectivity index (χ3v) is 2.14. The molecule has 0 aliphatic carbocycles. The van der Waals surface area contributed by atoms with Crippen LogP contribution in [0.3, 0.4) is 0 Å². The van der Waals surface area contributed by atoms with Gasteiger partial charge in [0.25, 0.3) is 0 Å². The molecule has 0 aliphatic heterocycles. The smallest absolute Gasteiger partial charge is 0.237 e. The first-order chi connectivity index (χ1) is 6.65. The van der Waals surface area contributed by atoms with Gasteiger partial charge in [-0.1, -0.05) is 6.92 Å². The van der Waals surface area contributed by atoms with Gasteiger partial charge in [-0.3, -0.25) is 4.79 Å². The zero-order valence-corrected chi connectivity index (χ0v) is 8.66. The Kier molecular flexibility index (Phi) is 3.71. The van der Waals surface area contributed by atoms with Crippen molar-refractivity contribution in [2.45, 2.75) is 26.4 Å². The number of hydrogen-bond acceptors (Lipinski definition) is 2. The SMILES string of the molecule is CCNC(C)c1cccn1CC(N)=O. The van der Waals surface area contributed by atoms with Crippen molar-refractivity contribution >= 4 is 5.91 Å². The lowest BCUT2D eigenvalue weighted by Gasteiger charge is -2.15. The zero-order chi connectivity index (χ0) is 10.6. The molecule has 0 saturated carbocycles. The highest BCUT2D eigenvalue weighted by molar-refractivity contribution is 5.73. The van der Waals surface area contributed by atoms with Crippen LogP contribution in [0.4, 0.5) is 0 Å². The van der Waals surface area contributed by atoms with Crippen molar-refractivity contribution in [2.75, 3.05) is 6.54 Å². The Morgan fingerprint density at radius 1 is 1.71 bits per heavy atom. The first kappa shape index (κ1) is 10.8. The summed E-state index contributed by atoms with van der Waals surface area (Å²) in [7, 11) is 0. The number of carbonyl (C=O) groups is 1. The molecular weight excluding hydrogens is 178 g/mol. The summed E-state index contributed by atoms with van der Waals surface area (Å²) in [4.78, 5) is 10.8. The number of nitrogens with one attached hydrogen (secondary N) is 1. The second kappa shape index (κ2) is 4.81. The molecule has 1 atom stereocenters. The summed E-state index contributed by atoms with van der Waals surface area (Å²) in [5.74, 6) is -0.314. The molecular formula is C10H17N3O. The summed E-state index contributed by atoms with van der Waals surface area (Å²) in [6.07, 6.45) is 1.87. The highest BCUT2D eigenvalue weighted by Gasteiger charge is 2.09. The van der Waals surface area contributed by atoms with E-state index in [1.165, 1.54) is 0 Å². The molecule has 0 aliphatic rings. The van der Waals surface area contributed by atoms with E-state index in [4.69, 9.17) is 5.73 Å². The van der Waals surface area contributed by atoms with Gasteiger partial charge in [0, 0.05) is 17.9 Å². The molecule has 4 nitrogen and oxygen atoms in total. The van der Waals surface area contributed by atoms with E-state index in [0.29, 0.717) is 0 Å². The molecule has 0 radical (unpaired) electrons. The Hall–Kier alpha value is -1.29. The van der Waals surface area contributed by atoms with Crippen molar-refractivity contribution in [1.29, 1.82) is 0 Å². The first-order valence-electron chi connectivity index (χ1n) is 4.82. The molecule has 0 bridgehead atoms. The fourth-order valence-electron chi connectivity index (χ4n) is 1.54. The van der Waals surface area contributed by atoms with E-state index in [1.807, 2.05) is 22.9 Å². The molecule has 0 aromatic carbocycles. The van der Waals surface area contributed by atoms with Crippen LogP contribution in [-0.4, -0.2) is 17.0 Å². The van der Waals surface area contributed by atoms with Crippen molar-refractivity contribution in [1.82, 2.24) is 9.88 Å². The molecule has 1 rings (SSSR count). The van der Waals surface area contributed by atoms with Crippen molar-refractivity contribution in [3.63, 3.8) is 0 Å². The van der Waals surface area contributed by atoms with Crippen molar-refractivity contribution < 1.29 is 4.79 Å². The lowest BCUT2D eigenvalue weighted by Crippen LogP contribution is -2.24. The minimum Gasteiger partial charge on any atom is -0.368 e. The predicted octanol–water partition coefficient (Wildman–Crippen LogP) is 0.644. The monoisotopic (exact) mass is 195 g/mol. The van der Waals surface area contributed by atoms with Crippen molar-refractivity contribution in [2.24, 2.45) is 5.73 Å².